The number of nitrogens with one attached hydrogen (secondary N) is 1. The summed E-state index contributed by atoms with van der Waals surface area (Å²) in [5.41, 5.74) is 3.68. The van der Waals surface area contributed by atoms with Crippen LogP contribution in [0.1, 0.15) is 23.6 Å². The van der Waals surface area contributed by atoms with E-state index in [9.17, 15) is 4.21 Å². The highest BCUT2D eigenvalue weighted by Gasteiger charge is 2.32. The van der Waals surface area contributed by atoms with Gasteiger partial charge in [0.05, 0.1) is 23.2 Å². The molecule has 1 aliphatic rings. The van der Waals surface area contributed by atoms with Crippen LogP contribution in [0, 0.1) is 6.92 Å². The Morgan fingerprint density at radius 2 is 1.83 bits per heavy atom. The molecule has 2 atom stereocenters. The lowest BCUT2D eigenvalue weighted by Crippen LogP contribution is -2.33. The van der Waals surface area contributed by atoms with Gasteiger partial charge < -0.3 is 0 Å². The van der Waals surface area contributed by atoms with Crippen LogP contribution in [-0.2, 0) is 11.0 Å². The Hall–Kier alpha value is -2.32. The van der Waals surface area contributed by atoms with E-state index in [0.717, 1.165) is 28.3 Å². The van der Waals surface area contributed by atoms with Gasteiger partial charge in [0, 0.05) is 22.2 Å². The van der Waals surface area contributed by atoms with Gasteiger partial charge in [0.25, 0.3) is 0 Å². The Bertz CT molecular complexity index is 1250. The molecule has 0 aromatic heterocycles. The second-order valence-electron chi connectivity index (χ2n) is 8.00. The van der Waals surface area contributed by atoms with E-state index < -0.39 is 11.0 Å². The fraction of sp³-hybridized carbons (Fsp3) is 0.231. The lowest BCUT2D eigenvalue weighted by Gasteiger charge is -2.24. The van der Waals surface area contributed by atoms with Crippen LogP contribution in [-0.4, -0.2) is 34.3 Å². The first-order valence-corrected chi connectivity index (χ1v) is 14.4. The quantitative estimate of drug-likeness (QED) is 0.195. The molecule has 0 saturated carbocycles. The van der Waals surface area contributed by atoms with Crippen LogP contribution in [0.3, 0.4) is 0 Å². The van der Waals surface area contributed by atoms with Gasteiger partial charge in [-0.2, -0.15) is 16.9 Å². The minimum absolute atomic E-state index is 0.0226. The number of thioether (sulfide) groups is 1. The van der Waals surface area contributed by atoms with Crippen molar-refractivity contribution in [1.82, 2.24) is 4.72 Å². The van der Waals surface area contributed by atoms with Gasteiger partial charge in [0.15, 0.2) is 16.8 Å². The number of nitrogens with zero attached hydrogens (tertiary/aromatic N) is 3. The van der Waals surface area contributed by atoms with Crippen molar-refractivity contribution in [2.24, 2.45) is 10.1 Å². The molecule has 3 aromatic rings. The van der Waals surface area contributed by atoms with E-state index >= 15 is 0 Å². The average Bonchev–Trinajstić information content (AvgIpc) is 3.30. The monoisotopic (exact) mass is 544 g/mol. The van der Waals surface area contributed by atoms with Crippen LogP contribution in [0.4, 0.5) is 5.69 Å². The van der Waals surface area contributed by atoms with E-state index in [2.05, 4.69) is 16.9 Å². The zero-order valence-electron chi connectivity index (χ0n) is 19.4. The number of aryl methyl sites for hydroxylation is 1. The zero-order valence-corrected chi connectivity index (χ0v) is 22.6. The van der Waals surface area contributed by atoms with E-state index in [1.807, 2.05) is 66.7 Å². The maximum atomic E-state index is 13.3. The van der Waals surface area contributed by atoms with Gasteiger partial charge in [-0.25, -0.2) is 4.21 Å². The number of amidine groups is 1. The van der Waals surface area contributed by atoms with E-state index in [-0.39, 0.29) is 6.04 Å². The molecule has 1 N–H and O–H groups in total. The summed E-state index contributed by atoms with van der Waals surface area (Å²) >= 11 is 13.9. The number of halogens is 2. The molecule has 1 aliphatic heterocycles. The summed E-state index contributed by atoms with van der Waals surface area (Å²) in [7, 11) is -1.51. The third kappa shape index (κ3) is 6.47. The van der Waals surface area contributed by atoms with Crippen LogP contribution in [0.2, 0.25) is 10.0 Å². The lowest BCUT2D eigenvalue weighted by molar-refractivity contribution is 0.680. The Balaban J connectivity index is 1.68. The molecule has 0 radical (unpaired) electrons. The van der Waals surface area contributed by atoms with Crippen molar-refractivity contribution in [3.05, 3.63) is 94.0 Å². The molecule has 5 nitrogen and oxygen atoms in total. The Morgan fingerprint density at radius 3 is 2.51 bits per heavy atom. The molecule has 4 rings (SSSR count). The fourth-order valence-electron chi connectivity index (χ4n) is 3.81. The van der Waals surface area contributed by atoms with E-state index in [0.29, 0.717) is 33.7 Å². The number of hydrogen-bond donors (Lipinski definition) is 1. The van der Waals surface area contributed by atoms with Gasteiger partial charge in [0.1, 0.15) is 5.71 Å². The summed E-state index contributed by atoms with van der Waals surface area (Å²) in [5, 5.41) is 8.23. The van der Waals surface area contributed by atoms with Crippen LogP contribution < -0.4 is 9.73 Å². The van der Waals surface area contributed by atoms with Crippen LogP contribution in [0.15, 0.2) is 87.8 Å². The summed E-state index contributed by atoms with van der Waals surface area (Å²) in [6.45, 7) is 2.49. The first-order chi connectivity index (χ1) is 17.0. The molecule has 0 aliphatic carbocycles. The van der Waals surface area contributed by atoms with Crippen LogP contribution >= 0.6 is 35.0 Å². The molecule has 0 bridgehead atoms. The van der Waals surface area contributed by atoms with Crippen molar-refractivity contribution < 1.29 is 4.21 Å². The standard InChI is InChI=1S/C26H26Cl2N4OS2/c1-18-16-21(28)10-13-25(18)35(33)31-26(29-14-15-34-2)23-17-24(19-6-4-3-5-7-19)32(30-23)22-11-8-20(27)9-12-22/h3-13,16,24H,14-15,17H2,1-2H3,(H,29,31)/t24-,35?/m1/s1. The summed E-state index contributed by atoms with van der Waals surface area (Å²) in [4.78, 5) is 5.43. The van der Waals surface area contributed by atoms with Crippen molar-refractivity contribution in [1.29, 1.82) is 0 Å². The summed E-state index contributed by atoms with van der Waals surface area (Å²) in [6.07, 6.45) is 2.66. The van der Waals surface area contributed by atoms with E-state index in [1.54, 1.807) is 23.9 Å². The Morgan fingerprint density at radius 1 is 1.11 bits per heavy atom. The Kier molecular flexibility index (Phi) is 8.89. The summed E-state index contributed by atoms with van der Waals surface area (Å²) in [5.74, 6) is 1.40. The number of hydrogen-bond acceptors (Lipinski definition) is 5. The van der Waals surface area contributed by atoms with Crippen LogP contribution in [0.25, 0.3) is 0 Å². The third-order valence-corrected chi connectivity index (χ3v) is 7.86. The van der Waals surface area contributed by atoms with Crippen molar-refractivity contribution in [3.63, 3.8) is 0 Å². The first kappa shape index (κ1) is 25.8. The molecule has 0 spiro atoms. The minimum Gasteiger partial charge on any atom is -0.284 e. The second-order valence-corrected chi connectivity index (χ2v) is 11.0. The molecule has 0 saturated heterocycles. The van der Waals surface area contributed by atoms with Gasteiger partial charge in [-0.3, -0.25) is 14.7 Å². The summed E-state index contributed by atoms with van der Waals surface area (Å²) in [6, 6.07) is 23.2. The van der Waals surface area contributed by atoms with Gasteiger partial charge in [0.2, 0.25) is 0 Å². The second kappa shape index (κ2) is 12.1. The van der Waals surface area contributed by atoms with Gasteiger partial charge in [-0.05, 0) is 66.8 Å². The number of benzene rings is 3. The zero-order chi connectivity index (χ0) is 24.8. The molecule has 35 heavy (non-hydrogen) atoms. The molecular formula is C26H26Cl2N4OS2. The number of anilines is 1. The van der Waals surface area contributed by atoms with Gasteiger partial charge in [-0.1, -0.05) is 53.5 Å². The molecule has 9 heteroatoms. The lowest BCUT2D eigenvalue weighted by atomic mass is 10.0. The number of aliphatic imine (C=N–C) groups is 1. The molecule has 1 heterocycles. The normalized spacial score (nSPS) is 16.8. The van der Waals surface area contributed by atoms with Crippen LogP contribution in [0.5, 0.6) is 0 Å². The molecule has 3 aromatic carbocycles. The maximum absolute atomic E-state index is 13.3. The minimum atomic E-state index is -1.51. The number of hydrazone groups is 1. The van der Waals surface area contributed by atoms with Gasteiger partial charge in [-0.15, -0.1) is 0 Å². The number of rotatable bonds is 8. The molecule has 0 fully saturated rings. The SMILES string of the molecule is CSCCN=C(NS(=O)c1ccc(Cl)cc1C)C1=NN(c2ccc(Cl)cc2)[C@@H](c2ccccc2)C1. The molecular weight excluding hydrogens is 519 g/mol. The molecule has 182 valence electrons. The van der Waals surface area contributed by atoms with Crippen molar-refractivity contribution in [2.45, 2.75) is 24.3 Å². The largest absolute Gasteiger partial charge is 0.284 e. The van der Waals surface area contributed by atoms with Gasteiger partial charge >= 0.3 is 0 Å². The van der Waals surface area contributed by atoms with E-state index in [1.165, 1.54) is 0 Å². The highest BCUT2D eigenvalue weighted by atomic mass is 35.5. The predicted octanol–water partition coefficient (Wildman–Crippen LogP) is 6.68. The Labute approximate surface area is 223 Å². The average molecular weight is 546 g/mol. The highest BCUT2D eigenvalue weighted by molar-refractivity contribution is 7.98. The first-order valence-electron chi connectivity index (χ1n) is 11.1. The van der Waals surface area contributed by atoms with Crippen molar-refractivity contribution >= 4 is 63.2 Å². The fourth-order valence-corrected chi connectivity index (χ4v) is 5.45. The van der Waals surface area contributed by atoms with Crippen molar-refractivity contribution in [2.75, 3.05) is 23.6 Å². The summed E-state index contributed by atoms with van der Waals surface area (Å²) < 4.78 is 16.4. The van der Waals surface area contributed by atoms with Crippen molar-refractivity contribution in [3.8, 4) is 0 Å². The topological polar surface area (TPSA) is 57.1 Å². The predicted molar refractivity (Wildman–Crippen MR) is 152 cm³/mol. The smallest absolute Gasteiger partial charge is 0.157 e. The molecule has 1 unspecified atom stereocenters. The highest BCUT2D eigenvalue weighted by Crippen LogP contribution is 2.36. The third-order valence-electron chi connectivity index (χ3n) is 5.55. The maximum Gasteiger partial charge on any atom is 0.157 e. The molecule has 0 amide bonds. The van der Waals surface area contributed by atoms with E-state index in [4.69, 9.17) is 33.3 Å².